The van der Waals surface area contributed by atoms with Crippen LogP contribution >= 0.6 is 0 Å². The lowest BCUT2D eigenvalue weighted by molar-refractivity contribution is -0.111. The van der Waals surface area contributed by atoms with E-state index in [0.29, 0.717) is 18.0 Å². The zero-order chi connectivity index (χ0) is 20.1. The molecule has 1 aromatic heterocycles. The number of rotatable bonds is 6. The Morgan fingerprint density at radius 1 is 1.14 bits per heavy atom. The zero-order valence-corrected chi connectivity index (χ0v) is 16.7. The first-order valence-corrected chi connectivity index (χ1v) is 9.19. The quantitative estimate of drug-likeness (QED) is 0.645. The lowest BCUT2D eigenvalue weighted by Crippen LogP contribution is -2.07. The standard InChI is InChI=1S/C23H25N3O2/c1-16-8-10-19(11-9-16)15-26-18(3)22(17(2)25-26)12-13-23(27)24-20-6-5-7-21(14-20)28-4/h5-14H,15H2,1-4H3,(H,24,27)/b13-12+. The van der Waals surface area contributed by atoms with Crippen molar-refractivity contribution < 1.29 is 9.53 Å². The van der Waals surface area contributed by atoms with Gasteiger partial charge < -0.3 is 10.1 Å². The monoisotopic (exact) mass is 375 g/mol. The normalized spacial score (nSPS) is 11.0. The molecule has 144 valence electrons. The highest BCUT2D eigenvalue weighted by Crippen LogP contribution is 2.18. The number of anilines is 1. The molecule has 5 heteroatoms. The van der Waals surface area contributed by atoms with Gasteiger partial charge in [-0.05, 0) is 44.5 Å². The van der Waals surface area contributed by atoms with Crippen molar-refractivity contribution in [3.63, 3.8) is 0 Å². The van der Waals surface area contributed by atoms with Crippen LogP contribution in [0.3, 0.4) is 0 Å². The molecular formula is C23H25N3O2. The lowest BCUT2D eigenvalue weighted by Gasteiger charge is -2.06. The van der Waals surface area contributed by atoms with Crippen molar-refractivity contribution in [1.82, 2.24) is 9.78 Å². The van der Waals surface area contributed by atoms with E-state index < -0.39 is 0 Å². The van der Waals surface area contributed by atoms with Crippen LogP contribution in [0.5, 0.6) is 5.75 Å². The number of nitrogens with zero attached hydrogens (tertiary/aromatic N) is 2. The Kier molecular flexibility index (Phi) is 5.94. The van der Waals surface area contributed by atoms with Gasteiger partial charge in [0.25, 0.3) is 0 Å². The van der Waals surface area contributed by atoms with Crippen LogP contribution in [0.1, 0.15) is 28.1 Å². The maximum atomic E-state index is 12.3. The molecule has 0 aliphatic rings. The Bertz CT molecular complexity index is 1000. The average Bonchev–Trinajstić information content (AvgIpc) is 2.95. The van der Waals surface area contributed by atoms with Gasteiger partial charge in [0.2, 0.25) is 5.91 Å². The molecular weight excluding hydrogens is 350 g/mol. The van der Waals surface area contributed by atoms with Gasteiger partial charge in [0.05, 0.1) is 19.3 Å². The number of aryl methyl sites for hydroxylation is 2. The Morgan fingerprint density at radius 2 is 1.89 bits per heavy atom. The summed E-state index contributed by atoms with van der Waals surface area (Å²) in [6.45, 7) is 6.76. The topological polar surface area (TPSA) is 56.1 Å². The predicted octanol–water partition coefficient (Wildman–Crippen LogP) is 4.52. The number of aromatic nitrogens is 2. The number of carbonyl (C=O) groups is 1. The smallest absolute Gasteiger partial charge is 0.248 e. The van der Waals surface area contributed by atoms with Crippen molar-refractivity contribution in [2.45, 2.75) is 27.3 Å². The van der Waals surface area contributed by atoms with Gasteiger partial charge in [-0.1, -0.05) is 35.9 Å². The van der Waals surface area contributed by atoms with Gasteiger partial charge in [-0.15, -0.1) is 0 Å². The summed E-state index contributed by atoms with van der Waals surface area (Å²) in [5.74, 6) is 0.504. The highest BCUT2D eigenvalue weighted by Gasteiger charge is 2.10. The van der Waals surface area contributed by atoms with Crippen molar-refractivity contribution in [2.24, 2.45) is 0 Å². The molecule has 0 fully saturated rings. The maximum Gasteiger partial charge on any atom is 0.248 e. The third kappa shape index (κ3) is 4.68. The summed E-state index contributed by atoms with van der Waals surface area (Å²) in [6.07, 6.45) is 3.35. The van der Waals surface area contributed by atoms with Crippen LogP contribution in [0.25, 0.3) is 6.08 Å². The average molecular weight is 375 g/mol. The number of carbonyl (C=O) groups excluding carboxylic acids is 1. The van der Waals surface area contributed by atoms with Gasteiger partial charge in [0.1, 0.15) is 5.75 Å². The largest absolute Gasteiger partial charge is 0.497 e. The second-order valence-corrected chi connectivity index (χ2v) is 6.78. The molecule has 1 N–H and O–H groups in total. The number of hydrogen-bond acceptors (Lipinski definition) is 3. The van der Waals surface area contributed by atoms with Crippen LogP contribution in [-0.2, 0) is 11.3 Å². The molecule has 1 heterocycles. The molecule has 2 aromatic carbocycles. The molecule has 28 heavy (non-hydrogen) atoms. The van der Waals surface area contributed by atoms with E-state index in [1.54, 1.807) is 13.2 Å². The molecule has 0 saturated carbocycles. The van der Waals surface area contributed by atoms with Gasteiger partial charge >= 0.3 is 0 Å². The number of hydrogen-bond donors (Lipinski definition) is 1. The summed E-state index contributed by atoms with van der Waals surface area (Å²) in [4.78, 5) is 12.3. The fourth-order valence-corrected chi connectivity index (χ4v) is 3.02. The fourth-order valence-electron chi connectivity index (χ4n) is 3.02. The Balaban J connectivity index is 1.71. The van der Waals surface area contributed by atoms with Gasteiger partial charge in [0, 0.05) is 29.1 Å². The van der Waals surface area contributed by atoms with Crippen LogP contribution in [-0.4, -0.2) is 22.8 Å². The minimum Gasteiger partial charge on any atom is -0.497 e. The summed E-state index contributed by atoms with van der Waals surface area (Å²) in [7, 11) is 1.60. The SMILES string of the molecule is COc1cccc(NC(=O)/C=C/c2c(C)nn(Cc3ccc(C)cc3)c2C)c1. The van der Waals surface area contributed by atoms with Gasteiger partial charge in [-0.3, -0.25) is 9.48 Å². The van der Waals surface area contributed by atoms with E-state index in [-0.39, 0.29) is 5.91 Å². The highest BCUT2D eigenvalue weighted by atomic mass is 16.5. The van der Waals surface area contributed by atoms with E-state index in [9.17, 15) is 4.79 Å². The molecule has 0 radical (unpaired) electrons. The molecule has 0 atom stereocenters. The molecule has 1 amide bonds. The number of amides is 1. The minimum absolute atomic E-state index is 0.196. The second-order valence-electron chi connectivity index (χ2n) is 6.78. The van der Waals surface area contributed by atoms with Crippen LogP contribution in [0.15, 0.2) is 54.6 Å². The number of methoxy groups -OCH3 is 1. The Labute approximate surface area is 165 Å². The fraction of sp³-hybridized carbons (Fsp3) is 0.217. The summed E-state index contributed by atoms with van der Waals surface area (Å²) >= 11 is 0. The van der Waals surface area contributed by atoms with E-state index in [1.807, 2.05) is 42.8 Å². The summed E-state index contributed by atoms with van der Waals surface area (Å²) < 4.78 is 7.15. The van der Waals surface area contributed by atoms with E-state index in [1.165, 1.54) is 17.2 Å². The van der Waals surface area contributed by atoms with E-state index in [4.69, 9.17) is 4.74 Å². The first-order chi connectivity index (χ1) is 13.5. The van der Waals surface area contributed by atoms with E-state index in [2.05, 4.69) is 41.6 Å². The molecule has 0 aliphatic heterocycles. The third-order valence-electron chi connectivity index (χ3n) is 4.63. The molecule has 5 nitrogen and oxygen atoms in total. The maximum absolute atomic E-state index is 12.3. The highest BCUT2D eigenvalue weighted by molar-refractivity contribution is 6.02. The second kappa shape index (κ2) is 8.57. The third-order valence-corrected chi connectivity index (χ3v) is 4.63. The number of nitrogens with one attached hydrogen (secondary N) is 1. The molecule has 0 spiro atoms. The summed E-state index contributed by atoms with van der Waals surface area (Å²) in [6, 6.07) is 15.7. The van der Waals surface area contributed by atoms with E-state index >= 15 is 0 Å². The van der Waals surface area contributed by atoms with Crippen LogP contribution in [0, 0.1) is 20.8 Å². The van der Waals surface area contributed by atoms with Crippen molar-refractivity contribution >= 4 is 17.7 Å². The van der Waals surface area contributed by atoms with Crippen molar-refractivity contribution in [2.75, 3.05) is 12.4 Å². The van der Waals surface area contributed by atoms with Gasteiger partial charge in [0.15, 0.2) is 0 Å². The van der Waals surface area contributed by atoms with Crippen LogP contribution in [0.4, 0.5) is 5.69 Å². The summed E-state index contributed by atoms with van der Waals surface area (Å²) in [5, 5.41) is 7.47. The molecule has 3 rings (SSSR count). The van der Waals surface area contributed by atoms with Crippen molar-refractivity contribution in [3.05, 3.63) is 82.7 Å². The molecule has 0 aliphatic carbocycles. The van der Waals surface area contributed by atoms with Crippen LogP contribution < -0.4 is 10.1 Å². The van der Waals surface area contributed by atoms with Gasteiger partial charge in [-0.25, -0.2) is 0 Å². The van der Waals surface area contributed by atoms with Crippen LogP contribution in [0.2, 0.25) is 0 Å². The van der Waals surface area contributed by atoms with Gasteiger partial charge in [-0.2, -0.15) is 5.10 Å². The van der Waals surface area contributed by atoms with Crippen molar-refractivity contribution in [3.8, 4) is 5.75 Å². The predicted molar refractivity (Wildman–Crippen MR) is 113 cm³/mol. The lowest BCUT2D eigenvalue weighted by atomic mass is 10.1. The van der Waals surface area contributed by atoms with E-state index in [0.717, 1.165) is 17.0 Å². The molecule has 0 bridgehead atoms. The Morgan fingerprint density at radius 3 is 2.61 bits per heavy atom. The minimum atomic E-state index is -0.196. The zero-order valence-electron chi connectivity index (χ0n) is 16.7. The first-order valence-electron chi connectivity index (χ1n) is 9.19. The Hall–Kier alpha value is -3.34. The van der Waals surface area contributed by atoms with Crippen molar-refractivity contribution in [1.29, 1.82) is 0 Å². The number of benzene rings is 2. The number of ether oxygens (including phenoxy) is 1. The molecule has 3 aromatic rings. The summed E-state index contributed by atoms with van der Waals surface area (Å²) in [5.41, 5.74) is 6.02. The first kappa shape index (κ1) is 19.4. The molecule has 0 saturated heterocycles. The molecule has 0 unspecified atom stereocenters.